The van der Waals surface area contributed by atoms with Crippen LogP contribution in [-0.4, -0.2) is 0 Å². The van der Waals surface area contributed by atoms with Gasteiger partial charge in [0.2, 0.25) is 0 Å². The highest BCUT2D eigenvalue weighted by molar-refractivity contribution is 7.11. The molecular formula is C14H24S. The Kier molecular flexibility index (Phi) is 6.00. The van der Waals surface area contributed by atoms with Crippen molar-refractivity contribution in [3.05, 3.63) is 21.9 Å². The highest BCUT2D eigenvalue weighted by atomic mass is 32.1. The van der Waals surface area contributed by atoms with Crippen LogP contribution in [-0.2, 0) is 12.8 Å². The van der Waals surface area contributed by atoms with Crippen molar-refractivity contribution in [1.29, 1.82) is 0 Å². The number of rotatable bonds is 7. The van der Waals surface area contributed by atoms with Crippen LogP contribution in [0.1, 0.15) is 56.2 Å². The van der Waals surface area contributed by atoms with E-state index in [1.807, 2.05) is 11.3 Å². The van der Waals surface area contributed by atoms with E-state index in [1.165, 1.54) is 43.4 Å². The van der Waals surface area contributed by atoms with Crippen LogP contribution in [0.15, 0.2) is 12.1 Å². The first-order chi connectivity index (χ1) is 7.30. The second-order valence-corrected chi connectivity index (χ2v) is 5.60. The molecule has 0 amide bonds. The highest BCUT2D eigenvalue weighted by Gasteiger charge is 2.08. The third-order valence-electron chi connectivity index (χ3n) is 3.10. The normalized spacial score (nSPS) is 13.0. The average molecular weight is 224 g/mol. The fraction of sp³-hybridized carbons (Fsp3) is 0.714. The van der Waals surface area contributed by atoms with Gasteiger partial charge < -0.3 is 0 Å². The van der Waals surface area contributed by atoms with E-state index in [4.69, 9.17) is 0 Å². The van der Waals surface area contributed by atoms with E-state index in [0.29, 0.717) is 0 Å². The number of aryl methyl sites for hydroxylation is 1. The summed E-state index contributed by atoms with van der Waals surface area (Å²) in [6.07, 6.45) is 7.97. The van der Waals surface area contributed by atoms with Gasteiger partial charge in [0.25, 0.3) is 0 Å². The molecule has 1 aromatic rings. The Bertz CT molecular complexity index is 262. The van der Waals surface area contributed by atoms with Gasteiger partial charge in [0.05, 0.1) is 0 Å². The number of hydrogen-bond acceptors (Lipinski definition) is 1. The van der Waals surface area contributed by atoms with Crippen LogP contribution in [0, 0.1) is 5.92 Å². The lowest BCUT2D eigenvalue weighted by atomic mass is 9.95. The van der Waals surface area contributed by atoms with Crippen molar-refractivity contribution in [3.8, 4) is 0 Å². The fourth-order valence-corrected chi connectivity index (χ4v) is 3.02. The Morgan fingerprint density at radius 1 is 1.13 bits per heavy atom. The molecule has 0 nitrogen and oxygen atoms in total. The van der Waals surface area contributed by atoms with Gasteiger partial charge in [-0.3, -0.25) is 0 Å². The first-order valence-electron chi connectivity index (χ1n) is 6.37. The molecule has 0 N–H and O–H groups in total. The smallest absolute Gasteiger partial charge is 0.00509 e. The van der Waals surface area contributed by atoms with Crippen molar-refractivity contribution < 1.29 is 0 Å². The van der Waals surface area contributed by atoms with Gasteiger partial charge in [-0.2, -0.15) is 0 Å². The number of unbranched alkanes of at least 4 members (excludes halogenated alkanes) is 1. The van der Waals surface area contributed by atoms with Gasteiger partial charge in [-0.1, -0.05) is 46.5 Å². The molecule has 0 radical (unpaired) electrons. The molecule has 0 spiro atoms. The molecule has 1 atom stereocenters. The predicted octanol–water partition coefficient (Wildman–Crippen LogP) is 5.07. The zero-order valence-electron chi connectivity index (χ0n) is 10.4. The van der Waals surface area contributed by atoms with Crippen LogP contribution in [0.5, 0.6) is 0 Å². The van der Waals surface area contributed by atoms with Crippen LogP contribution in [0.25, 0.3) is 0 Å². The Morgan fingerprint density at radius 3 is 2.40 bits per heavy atom. The maximum atomic E-state index is 2.33. The van der Waals surface area contributed by atoms with Gasteiger partial charge in [0.1, 0.15) is 0 Å². The lowest BCUT2D eigenvalue weighted by Crippen LogP contribution is -2.01. The van der Waals surface area contributed by atoms with Gasteiger partial charge in [-0.15, -0.1) is 11.3 Å². The Labute approximate surface area is 98.7 Å². The Balaban J connectivity index is 2.43. The average Bonchev–Trinajstić information content (AvgIpc) is 2.71. The third-order valence-corrected chi connectivity index (χ3v) is 4.35. The van der Waals surface area contributed by atoms with E-state index in [2.05, 4.69) is 32.9 Å². The SMILES string of the molecule is CCCCC(CC)Cc1ccc(CC)s1. The first-order valence-corrected chi connectivity index (χ1v) is 7.19. The van der Waals surface area contributed by atoms with E-state index in [1.54, 1.807) is 4.88 Å². The molecule has 0 aliphatic rings. The number of thiophene rings is 1. The topological polar surface area (TPSA) is 0 Å². The molecule has 1 heteroatoms. The molecule has 1 heterocycles. The van der Waals surface area contributed by atoms with Crippen molar-refractivity contribution >= 4 is 11.3 Å². The lowest BCUT2D eigenvalue weighted by Gasteiger charge is -2.12. The highest BCUT2D eigenvalue weighted by Crippen LogP contribution is 2.24. The molecule has 1 rings (SSSR count). The largest absolute Gasteiger partial charge is 0.145 e. The summed E-state index contributed by atoms with van der Waals surface area (Å²) in [7, 11) is 0. The zero-order valence-corrected chi connectivity index (χ0v) is 11.2. The standard InChI is InChI=1S/C14H24S/c1-4-7-8-12(5-2)11-14-10-9-13(6-3)15-14/h9-10,12H,4-8,11H2,1-3H3. The van der Waals surface area contributed by atoms with Crippen molar-refractivity contribution in [1.82, 2.24) is 0 Å². The molecule has 86 valence electrons. The van der Waals surface area contributed by atoms with Gasteiger partial charge in [0.15, 0.2) is 0 Å². The molecule has 0 aromatic carbocycles. The summed E-state index contributed by atoms with van der Waals surface area (Å²) in [6, 6.07) is 4.63. The van der Waals surface area contributed by atoms with E-state index in [9.17, 15) is 0 Å². The predicted molar refractivity (Wildman–Crippen MR) is 70.7 cm³/mol. The minimum absolute atomic E-state index is 0.910. The van der Waals surface area contributed by atoms with Gasteiger partial charge in [-0.05, 0) is 30.9 Å². The summed E-state index contributed by atoms with van der Waals surface area (Å²) >= 11 is 2.01. The minimum atomic E-state index is 0.910. The van der Waals surface area contributed by atoms with Crippen molar-refractivity contribution in [2.45, 2.75) is 59.3 Å². The van der Waals surface area contributed by atoms with E-state index < -0.39 is 0 Å². The van der Waals surface area contributed by atoms with E-state index in [-0.39, 0.29) is 0 Å². The number of hydrogen-bond donors (Lipinski definition) is 0. The lowest BCUT2D eigenvalue weighted by molar-refractivity contribution is 0.452. The van der Waals surface area contributed by atoms with E-state index >= 15 is 0 Å². The third kappa shape index (κ3) is 4.38. The second kappa shape index (κ2) is 7.05. The van der Waals surface area contributed by atoms with Crippen LogP contribution < -0.4 is 0 Å². The summed E-state index contributed by atoms with van der Waals surface area (Å²) in [5.41, 5.74) is 0. The summed E-state index contributed by atoms with van der Waals surface area (Å²) in [5, 5.41) is 0. The van der Waals surface area contributed by atoms with E-state index in [0.717, 1.165) is 5.92 Å². The summed E-state index contributed by atoms with van der Waals surface area (Å²) in [6.45, 7) is 6.85. The Morgan fingerprint density at radius 2 is 1.87 bits per heavy atom. The van der Waals surface area contributed by atoms with Gasteiger partial charge >= 0.3 is 0 Å². The fourth-order valence-electron chi connectivity index (χ4n) is 1.95. The Hall–Kier alpha value is -0.300. The maximum Gasteiger partial charge on any atom is 0.00509 e. The monoisotopic (exact) mass is 224 g/mol. The van der Waals surface area contributed by atoms with Crippen LogP contribution in [0.4, 0.5) is 0 Å². The van der Waals surface area contributed by atoms with Crippen LogP contribution in [0.3, 0.4) is 0 Å². The molecule has 1 unspecified atom stereocenters. The zero-order chi connectivity index (χ0) is 11.1. The van der Waals surface area contributed by atoms with Crippen molar-refractivity contribution in [2.24, 2.45) is 5.92 Å². The van der Waals surface area contributed by atoms with Gasteiger partial charge in [0, 0.05) is 9.75 Å². The molecular weight excluding hydrogens is 200 g/mol. The van der Waals surface area contributed by atoms with Crippen LogP contribution in [0.2, 0.25) is 0 Å². The molecule has 1 aromatic heterocycles. The summed E-state index contributed by atoms with van der Waals surface area (Å²) in [4.78, 5) is 3.13. The second-order valence-electron chi connectivity index (χ2n) is 4.34. The molecule has 0 saturated heterocycles. The molecule has 0 aliphatic carbocycles. The van der Waals surface area contributed by atoms with Crippen molar-refractivity contribution in [3.63, 3.8) is 0 Å². The maximum absolute atomic E-state index is 2.33. The molecule has 0 saturated carbocycles. The minimum Gasteiger partial charge on any atom is -0.145 e. The first kappa shape index (κ1) is 12.8. The summed E-state index contributed by atoms with van der Waals surface area (Å²) < 4.78 is 0. The molecule has 15 heavy (non-hydrogen) atoms. The summed E-state index contributed by atoms with van der Waals surface area (Å²) in [5.74, 6) is 0.910. The molecule has 0 fully saturated rings. The van der Waals surface area contributed by atoms with Gasteiger partial charge in [-0.25, -0.2) is 0 Å². The quantitative estimate of drug-likeness (QED) is 0.606. The molecule has 0 aliphatic heterocycles. The van der Waals surface area contributed by atoms with Crippen molar-refractivity contribution in [2.75, 3.05) is 0 Å². The molecule has 0 bridgehead atoms. The van der Waals surface area contributed by atoms with Crippen LogP contribution >= 0.6 is 11.3 Å².